The molecule has 6 heteroatoms. The van der Waals surface area contributed by atoms with Gasteiger partial charge in [-0.3, -0.25) is 9.89 Å². The number of hydrogen-bond acceptors (Lipinski definition) is 4. The Labute approximate surface area is 153 Å². The van der Waals surface area contributed by atoms with Gasteiger partial charge in [0.2, 0.25) is 0 Å². The van der Waals surface area contributed by atoms with E-state index in [1.165, 1.54) is 25.9 Å². The second kappa shape index (κ2) is 11.7. The second-order valence-corrected chi connectivity index (χ2v) is 7.42. The van der Waals surface area contributed by atoms with Crippen molar-refractivity contribution in [3.8, 4) is 0 Å². The van der Waals surface area contributed by atoms with E-state index in [1.54, 1.807) is 0 Å². The normalized spacial score (nSPS) is 24.4. The van der Waals surface area contributed by atoms with Gasteiger partial charge in [0.15, 0.2) is 5.96 Å². The topological polar surface area (TPSA) is 58.1 Å². The van der Waals surface area contributed by atoms with E-state index >= 15 is 0 Å². The van der Waals surface area contributed by atoms with Crippen LogP contribution in [0.15, 0.2) is 4.99 Å². The third-order valence-electron chi connectivity index (χ3n) is 5.15. The predicted octanol–water partition coefficient (Wildman–Crippen LogP) is 1.86. The molecule has 2 heterocycles. The average molecular weight is 355 g/mol. The van der Waals surface area contributed by atoms with Gasteiger partial charge in [0, 0.05) is 32.3 Å². The van der Waals surface area contributed by atoms with Gasteiger partial charge in [-0.05, 0) is 58.5 Å². The summed E-state index contributed by atoms with van der Waals surface area (Å²) in [6, 6.07) is 0.508. The first-order valence-electron chi connectivity index (χ1n) is 10.1. The number of nitrogens with zero attached hydrogens (tertiary/aromatic N) is 2. The molecule has 2 atom stereocenters. The lowest BCUT2D eigenvalue weighted by molar-refractivity contribution is 0.0420. The molecule has 0 aromatic rings. The molecule has 2 aliphatic heterocycles. The van der Waals surface area contributed by atoms with Crippen LogP contribution in [0.3, 0.4) is 0 Å². The summed E-state index contributed by atoms with van der Waals surface area (Å²) in [5.41, 5.74) is 0. The number of ether oxygens (including phenoxy) is 2. The molecule has 0 saturated carbocycles. The summed E-state index contributed by atoms with van der Waals surface area (Å²) >= 11 is 0. The van der Waals surface area contributed by atoms with E-state index in [4.69, 9.17) is 14.5 Å². The standard InChI is InChI=1S/C19H38N4O2/c1-4-20-19(21-9-5-12-25-18-8-13-24-15-18)22-14-17(3)23-10-6-16(2)7-11-23/h16-18H,4-15H2,1-3H3,(H2,20,21,22). The van der Waals surface area contributed by atoms with Gasteiger partial charge in [0.05, 0.1) is 19.3 Å². The number of likely N-dealkylation sites (tertiary alicyclic amines) is 1. The maximum atomic E-state index is 5.80. The third-order valence-corrected chi connectivity index (χ3v) is 5.15. The first kappa shape index (κ1) is 20.5. The van der Waals surface area contributed by atoms with Crippen LogP contribution in [0.1, 0.15) is 46.5 Å². The SMILES string of the molecule is CCNC(=NCC(C)N1CCC(C)CC1)NCCCOC1CCOC1. The van der Waals surface area contributed by atoms with Gasteiger partial charge in [-0.1, -0.05) is 6.92 Å². The van der Waals surface area contributed by atoms with Crippen molar-refractivity contribution < 1.29 is 9.47 Å². The summed E-state index contributed by atoms with van der Waals surface area (Å²) in [7, 11) is 0. The zero-order valence-corrected chi connectivity index (χ0v) is 16.4. The van der Waals surface area contributed by atoms with E-state index in [2.05, 4.69) is 36.3 Å². The van der Waals surface area contributed by atoms with Crippen molar-refractivity contribution in [3.05, 3.63) is 0 Å². The van der Waals surface area contributed by atoms with Crippen LogP contribution in [0.25, 0.3) is 0 Å². The fourth-order valence-electron chi connectivity index (χ4n) is 3.32. The van der Waals surface area contributed by atoms with Crippen LogP contribution in [0.5, 0.6) is 0 Å². The van der Waals surface area contributed by atoms with Gasteiger partial charge in [0.25, 0.3) is 0 Å². The van der Waals surface area contributed by atoms with Crippen molar-refractivity contribution in [1.82, 2.24) is 15.5 Å². The number of guanidine groups is 1. The minimum atomic E-state index is 0.301. The minimum Gasteiger partial charge on any atom is -0.379 e. The average Bonchev–Trinajstić information content (AvgIpc) is 3.13. The number of rotatable bonds is 9. The zero-order valence-electron chi connectivity index (χ0n) is 16.4. The van der Waals surface area contributed by atoms with Gasteiger partial charge < -0.3 is 20.1 Å². The van der Waals surface area contributed by atoms with Gasteiger partial charge in [-0.25, -0.2) is 0 Å². The molecular formula is C19H38N4O2. The third kappa shape index (κ3) is 7.92. The van der Waals surface area contributed by atoms with Crippen molar-refractivity contribution in [1.29, 1.82) is 0 Å². The molecule has 0 radical (unpaired) electrons. The van der Waals surface area contributed by atoms with Gasteiger partial charge in [0.1, 0.15) is 0 Å². The number of piperidine rings is 1. The molecule has 2 rings (SSSR count). The van der Waals surface area contributed by atoms with Crippen LogP contribution in [-0.4, -0.2) is 75.5 Å². The van der Waals surface area contributed by atoms with E-state index in [0.29, 0.717) is 12.1 Å². The fourth-order valence-corrected chi connectivity index (χ4v) is 3.32. The summed E-state index contributed by atoms with van der Waals surface area (Å²) in [4.78, 5) is 7.35. The molecule has 0 amide bonds. The van der Waals surface area contributed by atoms with Crippen molar-refractivity contribution in [2.24, 2.45) is 10.9 Å². The lowest BCUT2D eigenvalue weighted by atomic mass is 9.98. The van der Waals surface area contributed by atoms with Crippen molar-refractivity contribution >= 4 is 5.96 Å². The Morgan fingerprint density at radius 3 is 2.76 bits per heavy atom. The highest BCUT2D eigenvalue weighted by Gasteiger charge is 2.20. The lowest BCUT2D eigenvalue weighted by Gasteiger charge is -2.34. The molecule has 2 unspecified atom stereocenters. The molecule has 0 aromatic heterocycles. The Morgan fingerprint density at radius 2 is 2.08 bits per heavy atom. The first-order chi connectivity index (χ1) is 12.2. The molecule has 0 aromatic carbocycles. The van der Waals surface area contributed by atoms with Gasteiger partial charge in [-0.2, -0.15) is 0 Å². The highest BCUT2D eigenvalue weighted by Crippen LogP contribution is 2.17. The van der Waals surface area contributed by atoms with Crippen molar-refractivity contribution in [3.63, 3.8) is 0 Å². The molecule has 146 valence electrons. The van der Waals surface area contributed by atoms with Crippen LogP contribution in [0.2, 0.25) is 0 Å². The highest BCUT2D eigenvalue weighted by molar-refractivity contribution is 5.79. The number of hydrogen-bond donors (Lipinski definition) is 2. The largest absolute Gasteiger partial charge is 0.379 e. The van der Waals surface area contributed by atoms with E-state index in [1.807, 2.05) is 0 Å². The monoisotopic (exact) mass is 354 g/mol. The molecule has 2 aliphatic rings. The smallest absolute Gasteiger partial charge is 0.191 e. The molecule has 6 nitrogen and oxygen atoms in total. The molecular weight excluding hydrogens is 316 g/mol. The molecule has 0 aliphatic carbocycles. The van der Waals surface area contributed by atoms with Crippen molar-refractivity contribution in [2.45, 2.75) is 58.6 Å². The summed E-state index contributed by atoms with van der Waals surface area (Å²) in [5, 5.41) is 6.76. The second-order valence-electron chi connectivity index (χ2n) is 7.42. The maximum Gasteiger partial charge on any atom is 0.191 e. The summed E-state index contributed by atoms with van der Waals surface area (Å²) in [6.07, 6.45) is 4.96. The van der Waals surface area contributed by atoms with E-state index in [0.717, 1.165) is 64.2 Å². The Balaban J connectivity index is 1.62. The molecule has 25 heavy (non-hydrogen) atoms. The fraction of sp³-hybridized carbons (Fsp3) is 0.947. The van der Waals surface area contributed by atoms with E-state index in [-0.39, 0.29) is 0 Å². The number of nitrogens with one attached hydrogen (secondary N) is 2. The van der Waals surface area contributed by atoms with Crippen LogP contribution in [0, 0.1) is 5.92 Å². The van der Waals surface area contributed by atoms with Crippen molar-refractivity contribution in [2.75, 3.05) is 52.5 Å². The molecule has 2 saturated heterocycles. The van der Waals surface area contributed by atoms with Gasteiger partial charge >= 0.3 is 0 Å². The first-order valence-corrected chi connectivity index (χ1v) is 10.1. The Morgan fingerprint density at radius 1 is 1.28 bits per heavy atom. The predicted molar refractivity (Wildman–Crippen MR) is 103 cm³/mol. The maximum absolute atomic E-state index is 5.80. The molecule has 0 bridgehead atoms. The van der Waals surface area contributed by atoms with Gasteiger partial charge in [-0.15, -0.1) is 0 Å². The molecule has 2 fully saturated rings. The lowest BCUT2D eigenvalue weighted by Crippen LogP contribution is -2.43. The Hall–Kier alpha value is -0.850. The molecule has 2 N–H and O–H groups in total. The Bertz CT molecular complexity index is 378. The minimum absolute atomic E-state index is 0.301. The van der Waals surface area contributed by atoms with Crippen LogP contribution < -0.4 is 10.6 Å². The summed E-state index contributed by atoms with van der Waals surface area (Å²) < 4.78 is 11.1. The van der Waals surface area contributed by atoms with Crippen LogP contribution >= 0.6 is 0 Å². The molecule has 0 spiro atoms. The zero-order chi connectivity index (χ0) is 17.9. The summed E-state index contributed by atoms with van der Waals surface area (Å²) in [5.74, 6) is 1.80. The Kier molecular flexibility index (Phi) is 9.58. The van der Waals surface area contributed by atoms with Crippen LogP contribution in [-0.2, 0) is 9.47 Å². The quantitative estimate of drug-likeness (QED) is 0.376. The highest BCUT2D eigenvalue weighted by atomic mass is 16.5. The summed E-state index contributed by atoms with van der Waals surface area (Å²) in [6.45, 7) is 14.2. The van der Waals surface area contributed by atoms with Crippen LogP contribution in [0.4, 0.5) is 0 Å². The van der Waals surface area contributed by atoms with E-state index < -0.39 is 0 Å². The van der Waals surface area contributed by atoms with E-state index in [9.17, 15) is 0 Å². The number of aliphatic imine (C=N–C) groups is 1.